The van der Waals surface area contributed by atoms with Crippen molar-refractivity contribution in [2.24, 2.45) is 5.73 Å². The largest absolute Gasteiger partial charge is 0.365 e. The molecule has 1 aromatic heterocycles. The monoisotopic (exact) mass is 278 g/mol. The number of anilines is 1. The molecule has 2 aromatic rings. The molecule has 0 spiro atoms. The number of hydrogen-bond acceptors (Lipinski definition) is 3. The standard InChI is InChI=1S/C15H19FN2S/c1-10(17)12-6-7-14(13(16)9-12)18(3)11(2)15-5-4-8-19-15/h4-11H,17H2,1-3H3. The van der Waals surface area contributed by atoms with E-state index in [0.29, 0.717) is 5.69 Å². The van der Waals surface area contributed by atoms with Crippen LogP contribution >= 0.6 is 11.3 Å². The first-order valence-corrected chi connectivity index (χ1v) is 7.20. The molecule has 1 aromatic carbocycles. The summed E-state index contributed by atoms with van der Waals surface area (Å²) in [5, 5.41) is 2.04. The van der Waals surface area contributed by atoms with E-state index in [1.807, 2.05) is 36.4 Å². The molecule has 0 saturated heterocycles. The fourth-order valence-electron chi connectivity index (χ4n) is 2.02. The molecule has 19 heavy (non-hydrogen) atoms. The van der Waals surface area contributed by atoms with Crippen LogP contribution in [0.1, 0.15) is 36.4 Å². The molecule has 0 radical (unpaired) electrons. The van der Waals surface area contributed by atoms with E-state index < -0.39 is 0 Å². The van der Waals surface area contributed by atoms with Crippen molar-refractivity contribution in [1.29, 1.82) is 0 Å². The van der Waals surface area contributed by atoms with Gasteiger partial charge in [0.25, 0.3) is 0 Å². The van der Waals surface area contributed by atoms with Gasteiger partial charge >= 0.3 is 0 Å². The van der Waals surface area contributed by atoms with Gasteiger partial charge in [-0.2, -0.15) is 0 Å². The highest BCUT2D eigenvalue weighted by Crippen LogP contribution is 2.30. The van der Waals surface area contributed by atoms with Crippen molar-refractivity contribution >= 4 is 17.0 Å². The second kappa shape index (κ2) is 5.72. The summed E-state index contributed by atoms with van der Waals surface area (Å²) in [6.45, 7) is 3.93. The fourth-order valence-corrected chi connectivity index (χ4v) is 2.85. The van der Waals surface area contributed by atoms with E-state index in [0.717, 1.165) is 5.56 Å². The number of halogens is 1. The lowest BCUT2D eigenvalue weighted by Gasteiger charge is -2.27. The minimum atomic E-state index is -0.222. The lowest BCUT2D eigenvalue weighted by Crippen LogP contribution is -2.22. The van der Waals surface area contributed by atoms with Crippen LogP contribution in [0.15, 0.2) is 35.7 Å². The number of benzene rings is 1. The van der Waals surface area contributed by atoms with Crippen molar-refractivity contribution in [2.45, 2.75) is 25.9 Å². The van der Waals surface area contributed by atoms with E-state index in [1.165, 1.54) is 10.9 Å². The van der Waals surface area contributed by atoms with E-state index >= 15 is 0 Å². The van der Waals surface area contributed by atoms with Crippen molar-refractivity contribution in [3.8, 4) is 0 Å². The van der Waals surface area contributed by atoms with Crippen LogP contribution in [0.3, 0.4) is 0 Å². The molecule has 2 nitrogen and oxygen atoms in total. The third-order valence-electron chi connectivity index (χ3n) is 3.41. The first kappa shape index (κ1) is 14.0. The maximum atomic E-state index is 14.2. The lowest BCUT2D eigenvalue weighted by molar-refractivity contribution is 0.608. The second-order valence-corrected chi connectivity index (χ2v) is 5.78. The van der Waals surface area contributed by atoms with Gasteiger partial charge in [0.15, 0.2) is 0 Å². The summed E-state index contributed by atoms with van der Waals surface area (Å²) < 4.78 is 14.2. The first-order valence-electron chi connectivity index (χ1n) is 6.32. The average Bonchev–Trinajstić information content (AvgIpc) is 2.90. The number of hydrogen-bond donors (Lipinski definition) is 1. The molecule has 1 heterocycles. The van der Waals surface area contributed by atoms with Crippen molar-refractivity contribution < 1.29 is 4.39 Å². The zero-order valence-electron chi connectivity index (χ0n) is 11.4. The van der Waals surface area contributed by atoms with Gasteiger partial charge in [-0.3, -0.25) is 0 Å². The van der Waals surface area contributed by atoms with Gasteiger partial charge in [-0.25, -0.2) is 4.39 Å². The zero-order valence-corrected chi connectivity index (χ0v) is 12.2. The predicted molar refractivity (Wildman–Crippen MR) is 80.1 cm³/mol. The molecule has 2 N–H and O–H groups in total. The third-order valence-corrected chi connectivity index (χ3v) is 4.46. The molecule has 2 unspecified atom stereocenters. The minimum absolute atomic E-state index is 0.149. The Labute approximate surface area is 117 Å². The van der Waals surface area contributed by atoms with Gasteiger partial charge in [0.2, 0.25) is 0 Å². The average molecular weight is 278 g/mol. The Hall–Kier alpha value is -1.39. The lowest BCUT2D eigenvalue weighted by atomic mass is 10.1. The highest BCUT2D eigenvalue weighted by Gasteiger charge is 2.17. The molecule has 0 aliphatic carbocycles. The van der Waals surface area contributed by atoms with Gasteiger partial charge in [-0.1, -0.05) is 12.1 Å². The minimum Gasteiger partial charge on any atom is -0.365 e. The van der Waals surface area contributed by atoms with E-state index in [4.69, 9.17) is 5.73 Å². The van der Waals surface area contributed by atoms with Crippen molar-refractivity contribution in [1.82, 2.24) is 0 Å². The summed E-state index contributed by atoms with van der Waals surface area (Å²) >= 11 is 1.68. The van der Waals surface area contributed by atoms with Gasteiger partial charge in [0.1, 0.15) is 5.82 Å². The number of nitrogens with two attached hydrogens (primary N) is 1. The Balaban J connectivity index is 2.26. The molecule has 0 bridgehead atoms. The van der Waals surface area contributed by atoms with Crippen molar-refractivity contribution in [2.75, 3.05) is 11.9 Å². The van der Waals surface area contributed by atoms with Gasteiger partial charge < -0.3 is 10.6 Å². The number of thiophene rings is 1. The second-order valence-electron chi connectivity index (χ2n) is 4.80. The van der Waals surface area contributed by atoms with Crippen LogP contribution in [0.25, 0.3) is 0 Å². The molecule has 0 aliphatic heterocycles. The smallest absolute Gasteiger partial charge is 0.146 e. The van der Waals surface area contributed by atoms with Crippen molar-refractivity contribution in [3.05, 3.63) is 52.0 Å². The Morgan fingerprint density at radius 3 is 2.53 bits per heavy atom. The summed E-state index contributed by atoms with van der Waals surface area (Å²) in [5.41, 5.74) is 7.19. The Morgan fingerprint density at radius 2 is 2.00 bits per heavy atom. The van der Waals surface area contributed by atoms with Crippen LogP contribution in [-0.4, -0.2) is 7.05 Å². The van der Waals surface area contributed by atoms with Crippen LogP contribution in [0.2, 0.25) is 0 Å². The molecule has 0 fully saturated rings. The predicted octanol–water partition coefficient (Wildman–Crippen LogP) is 4.10. The van der Waals surface area contributed by atoms with Gasteiger partial charge in [-0.05, 0) is 43.0 Å². The summed E-state index contributed by atoms with van der Waals surface area (Å²) in [4.78, 5) is 3.17. The molecular formula is C15H19FN2S. The van der Waals surface area contributed by atoms with E-state index in [2.05, 4.69) is 13.0 Å². The van der Waals surface area contributed by atoms with Crippen LogP contribution in [0.5, 0.6) is 0 Å². The topological polar surface area (TPSA) is 29.3 Å². The maximum absolute atomic E-state index is 14.2. The Kier molecular flexibility index (Phi) is 4.22. The molecule has 2 rings (SSSR count). The molecule has 0 aliphatic rings. The third kappa shape index (κ3) is 2.96. The molecule has 102 valence electrons. The van der Waals surface area contributed by atoms with E-state index in [1.54, 1.807) is 17.4 Å². The highest BCUT2D eigenvalue weighted by molar-refractivity contribution is 7.10. The molecule has 0 amide bonds. The van der Waals surface area contributed by atoms with Crippen LogP contribution in [-0.2, 0) is 0 Å². The molecule has 0 saturated carbocycles. The maximum Gasteiger partial charge on any atom is 0.146 e. The Bertz CT molecular complexity index is 537. The number of nitrogens with zero attached hydrogens (tertiary/aromatic N) is 1. The van der Waals surface area contributed by atoms with Crippen molar-refractivity contribution in [3.63, 3.8) is 0 Å². The first-order chi connectivity index (χ1) is 9.00. The molecule has 2 atom stereocenters. The number of rotatable bonds is 4. The van der Waals surface area contributed by atoms with Crippen LogP contribution in [0, 0.1) is 5.82 Å². The summed E-state index contributed by atoms with van der Waals surface area (Å²) in [6, 6.07) is 9.30. The quantitative estimate of drug-likeness (QED) is 0.912. The highest BCUT2D eigenvalue weighted by atomic mass is 32.1. The zero-order chi connectivity index (χ0) is 14.0. The van der Waals surface area contributed by atoms with Gasteiger partial charge in [0.05, 0.1) is 11.7 Å². The van der Waals surface area contributed by atoms with Crippen LogP contribution in [0.4, 0.5) is 10.1 Å². The van der Waals surface area contributed by atoms with E-state index in [-0.39, 0.29) is 17.9 Å². The van der Waals surface area contributed by atoms with E-state index in [9.17, 15) is 4.39 Å². The summed E-state index contributed by atoms with van der Waals surface area (Å²) in [6.07, 6.45) is 0. The summed E-state index contributed by atoms with van der Waals surface area (Å²) in [7, 11) is 1.91. The van der Waals surface area contributed by atoms with Gasteiger partial charge in [0, 0.05) is 18.0 Å². The molecule has 4 heteroatoms. The Morgan fingerprint density at radius 1 is 1.26 bits per heavy atom. The molecular weight excluding hydrogens is 259 g/mol. The normalized spacial score (nSPS) is 14.2. The van der Waals surface area contributed by atoms with Crippen LogP contribution < -0.4 is 10.6 Å². The fraction of sp³-hybridized carbons (Fsp3) is 0.333. The summed E-state index contributed by atoms with van der Waals surface area (Å²) in [5.74, 6) is -0.222. The van der Waals surface area contributed by atoms with Gasteiger partial charge in [-0.15, -0.1) is 11.3 Å². The SMILES string of the molecule is CC(N)c1ccc(N(C)C(C)c2cccs2)c(F)c1.